The second-order valence-corrected chi connectivity index (χ2v) is 10.1. The maximum absolute atomic E-state index is 13.7. The van der Waals surface area contributed by atoms with E-state index < -0.39 is 5.82 Å². The maximum atomic E-state index is 13.7. The molecule has 1 unspecified atom stereocenters. The number of aliphatic hydroxyl groups excluding tert-OH is 1. The molecule has 40 heavy (non-hydrogen) atoms. The number of amides is 3. The minimum atomic E-state index is -0.469. The number of likely N-dealkylation sites (N-methyl/N-ethyl adjacent to an activating group) is 1. The van der Waals surface area contributed by atoms with E-state index in [-0.39, 0.29) is 55.1 Å². The van der Waals surface area contributed by atoms with Gasteiger partial charge in [0.15, 0.2) is 11.6 Å². The number of hydrogen-bond acceptors (Lipinski definition) is 8. The molecule has 1 atom stereocenters. The van der Waals surface area contributed by atoms with Crippen LogP contribution < -0.4 is 10.1 Å². The summed E-state index contributed by atoms with van der Waals surface area (Å²) in [6.45, 7) is 2.06. The molecule has 0 spiro atoms. The number of aliphatic hydroxyl groups is 1. The number of oxime groups is 1. The third-order valence-corrected chi connectivity index (χ3v) is 7.23. The van der Waals surface area contributed by atoms with Crippen LogP contribution in [0.15, 0.2) is 34.4 Å². The summed E-state index contributed by atoms with van der Waals surface area (Å²) in [5, 5.41) is 16.0. The van der Waals surface area contributed by atoms with Gasteiger partial charge in [-0.1, -0.05) is 11.2 Å². The topological polar surface area (TPSA) is 139 Å². The van der Waals surface area contributed by atoms with E-state index in [1.807, 2.05) is 0 Å². The van der Waals surface area contributed by atoms with Crippen LogP contribution in [-0.2, 0) is 11.4 Å². The van der Waals surface area contributed by atoms with Crippen LogP contribution in [-0.4, -0.2) is 77.3 Å². The highest BCUT2D eigenvalue weighted by molar-refractivity contribution is 6.02. The summed E-state index contributed by atoms with van der Waals surface area (Å²) in [4.78, 5) is 44.8. The Bertz CT molecular complexity index is 1280. The molecule has 1 saturated carbocycles. The lowest BCUT2D eigenvalue weighted by Crippen LogP contribution is -2.28. The standard InChI is InChI=1S/C28H35FN6O5/c1-17-32-22(13-24(33-17)27(37)30-16-19-6-9-21(29)26(12-19)39-3)23-14-25(40-34-23)20-7-4-18(5-8-20)15-31-28(38)35(2)10-11-36/h6,9,12-13,15,18,20,25,36H,4-5,7-8,10-11,14,16H2,1-3H3,(H,30,37)/b31-15-. The number of urea groups is 1. The van der Waals surface area contributed by atoms with E-state index in [0.29, 0.717) is 35.1 Å². The van der Waals surface area contributed by atoms with Gasteiger partial charge in [0.05, 0.1) is 19.4 Å². The number of carbonyl (C=O) groups is 2. The number of nitrogens with one attached hydrogen (secondary N) is 1. The first-order valence-corrected chi connectivity index (χ1v) is 13.4. The highest BCUT2D eigenvalue weighted by atomic mass is 19.1. The Balaban J connectivity index is 1.30. The predicted octanol–water partition coefficient (Wildman–Crippen LogP) is 3.28. The van der Waals surface area contributed by atoms with Crippen molar-refractivity contribution >= 4 is 23.9 Å². The molecule has 1 aliphatic heterocycles. The molecule has 1 aromatic carbocycles. The fourth-order valence-corrected chi connectivity index (χ4v) is 4.90. The molecular formula is C28H35FN6O5. The van der Waals surface area contributed by atoms with Crippen LogP contribution in [0.25, 0.3) is 0 Å². The summed E-state index contributed by atoms with van der Waals surface area (Å²) in [6.07, 6.45) is 5.89. The van der Waals surface area contributed by atoms with E-state index in [9.17, 15) is 14.0 Å². The molecule has 2 N–H and O–H groups in total. The van der Waals surface area contributed by atoms with Gasteiger partial charge in [0.2, 0.25) is 0 Å². The summed E-state index contributed by atoms with van der Waals surface area (Å²) < 4.78 is 18.7. The van der Waals surface area contributed by atoms with Gasteiger partial charge in [0.25, 0.3) is 5.91 Å². The molecule has 1 aliphatic carbocycles. The van der Waals surface area contributed by atoms with Gasteiger partial charge in [-0.3, -0.25) is 4.79 Å². The van der Waals surface area contributed by atoms with Crippen LogP contribution in [0, 0.1) is 24.6 Å². The zero-order chi connectivity index (χ0) is 28.6. The normalized spacial score (nSPS) is 20.6. The number of aromatic nitrogens is 2. The second-order valence-electron chi connectivity index (χ2n) is 10.1. The van der Waals surface area contributed by atoms with Gasteiger partial charge in [-0.15, -0.1) is 0 Å². The van der Waals surface area contributed by atoms with Crippen molar-refractivity contribution in [2.45, 2.75) is 51.7 Å². The Morgan fingerprint density at radius 1 is 1.25 bits per heavy atom. The van der Waals surface area contributed by atoms with Crippen LogP contribution in [0.2, 0.25) is 0 Å². The SMILES string of the molecule is COc1cc(CNC(=O)c2cc(C3=NOC(C4CCC(/C=N\C(=O)N(C)CCO)CC4)C3)nc(C)n2)ccc1F. The number of carbonyl (C=O) groups excluding carboxylic acids is 2. The van der Waals surface area contributed by atoms with Gasteiger partial charge in [-0.2, -0.15) is 0 Å². The van der Waals surface area contributed by atoms with Crippen molar-refractivity contribution in [2.24, 2.45) is 22.0 Å². The molecule has 2 aliphatic rings. The van der Waals surface area contributed by atoms with Gasteiger partial charge < -0.3 is 24.9 Å². The largest absolute Gasteiger partial charge is 0.494 e. The van der Waals surface area contributed by atoms with Crippen molar-refractivity contribution in [1.82, 2.24) is 20.2 Å². The molecule has 12 heteroatoms. The Morgan fingerprint density at radius 2 is 2.02 bits per heavy atom. The Morgan fingerprint density at radius 3 is 2.75 bits per heavy atom. The average molecular weight is 555 g/mol. The van der Waals surface area contributed by atoms with Crippen LogP contribution in [0.3, 0.4) is 0 Å². The molecule has 1 fully saturated rings. The van der Waals surface area contributed by atoms with Gasteiger partial charge in [0, 0.05) is 32.8 Å². The first-order valence-electron chi connectivity index (χ1n) is 13.4. The number of halogens is 1. The summed E-state index contributed by atoms with van der Waals surface area (Å²) >= 11 is 0. The predicted molar refractivity (Wildman–Crippen MR) is 146 cm³/mol. The quantitative estimate of drug-likeness (QED) is 0.454. The van der Waals surface area contributed by atoms with Crippen molar-refractivity contribution in [1.29, 1.82) is 0 Å². The van der Waals surface area contributed by atoms with E-state index in [1.165, 1.54) is 24.1 Å². The molecule has 1 aromatic heterocycles. The summed E-state index contributed by atoms with van der Waals surface area (Å²) in [5.74, 6) is 0.245. The highest BCUT2D eigenvalue weighted by Crippen LogP contribution is 2.35. The number of hydrogen-bond donors (Lipinski definition) is 2. The number of methoxy groups -OCH3 is 1. The summed E-state index contributed by atoms with van der Waals surface area (Å²) in [7, 11) is 3.00. The average Bonchev–Trinajstić information content (AvgIpc) is 3.46. The van der Waals surface area contributed by atoms with Crippen molar-refractivity contribution in [3.8, 4) is 5.75 Å². The van der Waals surface area contributed by atoms with Gasteiger partial charge in [-0.05, 0) is 68.2 Å². The minimum absolute atomic E-state index is 0.0776. The van der Waals surface area contributed by atoms with Crippen molar-refractivity contribution in [3.63, 3.8) is 0 Å². The molecule has 11 nitrogen and oxygen atoms in total. The van der Waals surface area contributed by atoms with Crippen LogP contribution in [0.5, 0.6) is 5.75 Å². The second kappa shape index (κ2) is 13.4. The van der Waals surface area contributed by atoms with Crippen molar-refractivity contribution in [2.75, 3.05) is 27.3 Å². The van der Waals surface area contributed by atoms with Crippen LogP contribution in [0.1, 0.15) is 59.7 Å². The lowest BCUT2D eigenvalue weighted by molar-refractivity contribution is 0.0243. The lowest BCUT2D eigenvalue weighted by Gasteiger charge is -2.29. The van der Waals surface area contributed by atoms with Gasteiger partial charge >= 0.3 is 6.03 Å². The molecule has 2 aromatic rings. The monoisotopic (exact) mass is 554 g/mol. The summed E-state index contributed by atoms with van der Waals surface area (Å²) in [6, 6.07) is 5.67. The van der Waals surface area contributed by atoms with Gasteiger partial charge in [0.1, 0.15) is 23.3 Å². The minimum Gasteiger partial charge on any atom is -0.494 e. The zero-order valence-electron chi connectivity index (χ0n) is 23.0. The fourth-order valence-electron chi connectivity index (χ4n) is 4.90. The molecular weight excluding hydrogens is 519 g/mol. The Hall–Kier alpha value is -3.93. The smallest absolute Gasteiger partial charge is 0.343 e. The van der Waals surface area contributed by atoms with E-state index in [2.05, 4.69) is 25.4 Å². The fraction of sp³-hybridized carbons (Fsp3) is 0.500. The molecule has 4 rings (SSSR count). The first kappa shape index (κ1) is 29.1. The molecule has 0 bridgehead atoms. The molecule has 214 valence electrons. The first-order chi connectivity index (χ1) is 19.3. The van der Waals surface area contributed by atoms with Gasteiger partial charge in [-0.25, -0.2) is 24.1 Å². The van der Waals surface area contributed by atoms with E-state index in [0.717, 1.165) is 25.7 Å². The van der Waals surface area contributed by atoms with E-state index >= 15 is 0 Å². The molecule has 0 radical (unpaired) electrons. The van der Waals surface area contributed by atoms with Crippen LogP contribution in [0.4, 0.5) is 9.18 Å². The third kappa shape index (κ3) is 7.38. The Labute approximate surface area is 232 Å². The number of aryl methyl sites for hydroxylation is 1. The third-order valence-electron chi connectivity index (χ3n) is 7.23. The number of rotatable bonds is 9. The highest BCUT2D eigenvalue weighted by Gasteiger charge is 2.34. The van der Waals surface area contributed by atoms with Crippen LogP contribution >= 0.6 is 0 Å². The lowest BCUT2D eigenvalue weighted by atomic mass is 9.79. The molecule has 2 heterocycles. The summed E-state index contributed by atoms with van der Waals surface area (Å²) in [5.41, 5.74) is 2.13. The zero-order valence-corrected chi connectivity index (χ0v) is 23.0. The molecule has 0 saturated heterocycles. The van der Waals surface area contributed by atoms with Crippen molar-refractivity contribution < 1.29 is 28.7 Å². The van der Waals surface area contributed by atoms with Crippen molar-refractivity contribution in [3.05, 3.63) is 52.9 Å². The number of nitrogens with zero attached hydrogens (tertiary/aromatic N) is 5. The number of aliphatic imine (C=N–C) groups is 1. The number of ether oxygens (including phenoxy) is 1. The maximum Gasteiger partial charge on any atom is 0.343 e. The number of benzene rings is 1. The molecule has 3 amide bonds. The van der Waals surface area contributed by atoms with E-state index in [4.69, 9.17) is 14.7 Å². The Kier molecular flexibility index (Phi) is 9.75. The van der Waals surface area contributed by atoms with E-state index in [1.54, 1.807) is 32.3 Å².